The Bertz CT molecular complexity index is 485. The summed E-state index contributed by atoms with van der Waals surface area (Å²) in [6.07, 6.45) is 5.82. The molecule has 0 amide bonds. The van der Waals surface area contributed by atoms with Crippen molar-refractivity contribution in [2.45, 2.75) is 77.6 Å². The quantitative estimate of drug-likeness (QED) is 0.136. The van der Waals surface area contributed by atoms with Crippen molar-refractivity contribution < 1.29 is 31.6 Å². The summed E-state index contributed by atoms with van der Waals surface area (Å²) in [6.45, 7) is 7.73. The third-order valence-electron chi connectivity index (χ3n) is 3.84. The second-order valence-corrected chi connectivity index (χ2v) is 8.18. The van der Waals surface area contributed by atoms with Crippen LogP contribution in [-0.2, 0) is 33.3 Å². The fourth-order valence-electron chi connectivity index (χ4n) is 2.33. The van der Waals surface area contributed by atoms with Gasteiger partial charge in [0.2, 0.25) is 0 Å². The van der Waals surface area contributed by atoms with E-state index in [-0.39, 0.29) is 6.61 Å². The molecule has 0 saturated heterocycles. The minimum absolute atomic E-state index is 0.0817. The van der Waals surface area contributed by atoms with Crippen LogP contribution >= 0.6 is 0 Å². The second kappa shape index (κ2) is 17.1. The molecule has 0 fully saturated rings. The van der Waals surface area contributed by atoms with E-state index in [0.29, 0.717) is 19.8 Å². The molecule has 0 aromatic rings. The van der Waals surface area contributed by atoms with Crippen molar-refractivity contribution in [1.29, 1.82) is 0 Å². The number of rotatable bonds is 19. The fraction of sp³-hybridized carbons (Fsp3) is 0.947. The van der Waals surface area contributed by atoms with Gasteiger partial charge in [-0.15, -0.1) is 0 Å². The predicted molar refractivity (Wildman–Crippen MR) is 110 cm³/mol. The van der Waals surface area contributed by atoms with Crippen LogP contribution in [0.3, 0.4) is 0 Å². The predicted octanol–water partition coefficient (Wildman–Crippen LogP) is 3.15. The standard InChI is InChI=1S/C19H39NO7S/c1-6-9-12-24-16-18(27-28(5,21)22)19(26-14-11-8-3)17(15-20-23-4)25-13-10-7-2/h15,17-19H,6-14,16H2,1-5H3/t17-,18-,19+/m1/s1. The fourth-order valence-corrected chi connectivity index (χ4v) is 2.95. The Balaban J connectivity index is 5.46. The molecule has 0 aliphatic carbocycles. The summed E-state index contributed by atoms with van der Waals surface area (Å²) >= 11 is 0. The Labute approximate surface area is 171 Å². The van der Waals surface area contributed by atoms with Crippen LogP contribution in [0.5, 0.6) is 0 Å². The van der Waals surface area contributed by atoms with Crippen LogP contribution < -0.4 is 0 Å². The number of hydrogen-bond donors (Lipinski definition) is 0. The first-order valence-corrected chi connectivity index (χ1v) is 12.0. The van der Waals surface area contributed by atoms with E-state index in [9.17, 15) is 8.42 Å². The summed E-state index contributed by atoms with van der Waals surface area (Å²) < 4.78 is 46.5. The van der Waals surface area contributed by atoms with Gasteiger partial charge in [0.15, 0.2) is 0 Å². The molecule has 0 spiro atoms. The van der Waals surface area contributed by atoms with Crippen LogP contribution in [0.4, 0.5) is 0 Å². The molecule has 0 aromatic heterocycles. The van der Waals surface area contributed by atoms with Gasteiger partial charge in [0.1, 0.15) is 25.4 Å². The molecular weight excluding hydrogens is 386 g/mol. The first-order valence-electron chi connectivity index (χ1n) is 10.1. The molecule has 0 unspecified atom stereocenters. The van der Waals surface area contributed by atoms with E-state index >= 15 is 0 Å². The number of nitrogens with zero attached hydrogens (tertiary/aromatic N) is 1. The monoisotopic (exact) mass is 425 g/mol. The number of unbranched alkanes of at least 4 members (excludes halogenated alkanes) is 3. The zero-order chi connectivity index (χ0) is 21.3. The van der Waals surface area contributed by atoms with Gasteiger partial charge in [0.05, 0.1) is 19.1 Å². The van der Waals surface area contributed by atoms with Crippen LogP contribution in [0.2, 0.25) is 0 Å². The molecule has 0 radical (unpaired) electrons. The van der Waals surface area contributed by atoms with E-state index in [4.69, 9.17) is 23.2 Å². The van der Waals surface area contributed by atoms with Crippen molar-refractivity contribution in [2.24, 2.45) is 5.16 Å². The van der Waals surface area contributed by atoms with Gasteiger partial charge in [-0.1, -0.05) is 45.2 Å². The van der Waals surface area contributed by atoms with E-state index in [2.05, 4.69) is 25.9 Å². The molecule has 0 heterocycles. The Morgan fingerprint density at radius 1 is 0.929 bits per heavy atom. The maximum Gasteiger partial charge on any atom is 0.264 e. The maximum absolute atomic E-state index is 11.8. The molecular formula is C19H39NO7S. The van der Waals surface area contributed by atoms with Crippen molar-refractivity contribution in [2.75, 3.05) is 39.8 Å². The van der Waals surface area contributed by atoms with Gasteiger partial charge in [-0.3, -0.25) is 4.18 Å². The summed E-state index contributed by atoms with van der Waals surface area (Å²) in [7, 11) is -2.28. The number of ether oxygens (including phenoxy) is 3. The van der Waals surface area contributed by atoms with E-state index in [1.807, 2.05) is 0 Å². The molecule has 0 N–H and O–H groups in total. The first kappa shape index (κ1) is 27.3. The average Bonchev–Trinajstić information content (AvgIpc) is 2.64. The Morgan fingerprint density at radius 3 is 2.04 bits per heavy atom. The van der Waals surface area contributed by atoms with Crippen molar-refractivity contribution in [3.05, 3.63) is 0 Å². The number of hydrogen-bond acceptors (Lipinski definition) is 8. The van der Waals surface area contributed by atoms with Gasteiger partial charge in [-0.05, 0) is 19.3 Å². The number of oxime groups is 1. The lowest BCUT2D eigenvalue weighted by Gasteiger charge is -2.31. The first-order chi connectivity index (χ1) is 13.4. The zero-order valence-corrected chi connectivity index (χ0v) is 18.9. The van der Waals surface area contributed by atoms with Crippen molar-refractivity contribution >= 4 is 16.3 Å². The van der Waals surface area contributed by atoms with E-state index in [1.54, 1.807) is 0 Å². The van der Waals surface area contributed by atoms with Crippen LogP contribution in [0.25, 0.3) is 0 Å². The van der Waals surface area contributed by atoms with Crippen LogP contribution in [-0.4, -0.2) is 72.7 Å². The van der Waals surface area contributed by atoms with Crippen molar-refractivity contribution in [3.63, 3.8) is 0 Å². The highest BCUT2D eigenvalue weighted by atomic mass is 32.2. The Hall–Kier alpha value is -0.740. The molecule has 0 bridgehead atoms. The lowest BCUT2D eigenvalue weighted by Crippen LogP contribution is -2.47. The third kappa shape index (κ3) is 14.3. The molecule has 0 aromatic carbocycles. The normalized spacial score (nSPS) is 15.6. The van der Waals surface area contributed by atoms with Crippen LogP contribution in [0.15, 0.2) is 5.16 Å². The van der Waals surface area contributed by atoms with Gasteiger partial charge in [0.25, 0.3) is 10.1 Å². The van der Waals surface area contributed by atoms with Gasteiger partial charge >= 0.3 is 0 Å². The molecule has 9 heteroatoms. The van der Waals surface area contributed by atoms with E-state index in [1.165, 1.54) is 13.3 Å². The topological polar surface area (TPSA) is 92.7 Å². The summed E-state index contributed by atoms with van der Waals surface area (Å²) in [6, 6.07) is 0. The van der Waals surface area contributed by atoms with E-state index in [0.717, 1.165) is 44.8 Å². The zero-order valence-electron chi connectivity index (χ0n) is 18.1. The average molecular weight is 426 g/mol. The summed E-state index contributed by atoms with van der Waals surface area (Å²) in [5, 5.41) is 3.81. The molecule has 0 rings (SSSR count). The molecule has 0 aliphatic heterocycles. The maximum atomic E-state index is 11.8. The van der Waals surface area contributed by atoms with Gasteiger partial charge < -0.3 is 19.0 Å². The smallest absolute Gasteiger partial charge is 0.264 e. The Morgan fingerprint density at radius 2 is 1.50 bits per heavy atom. The van der Waals surface area contributed by atoms with Gasteiger partial charge in [0, 0.05) is 19.8 Å². The lowest BCUT2D eigenvalue weighted by molar-refractivity contribution is -0.108. The van der Waals surface area contributed by atoms with Crippen molar-refractivity contribution in [3.8, 4) is 0 Å². The highest BCUT2D eigenvalue weighted by Crippen LogP contribution is 2.16. The molecule has 0 saturated carbocycles. The molecule has 28 heavy (non-hydrogen) atoms. The SMILES string of the molecule is CCCCOC[C@@H](OS(C)(=O)=O)[C@@H](OCCCC)[C@@H](C=NOC)OCCCC. The van der Waals surface area contributed by atoms with Gasteiger partial charge in [-0.25, -0.2) is 0 Å². The van der Waals surface area contributed by atoms with Crippen molar-refractivity contribution in [1.82, 2.24) is 0 Å². The van der Waals surface area contributed by atoms with Gasteiger partial charge in [-0.2, -0.15) is 8.42 Å². The minimum Gasteiger partial charge on any atom is -0.399 e. The largest absolute Gasteiger partial charge is 0.399 e. The van der Waals surface area contributed by atoms with Crippen LogP contribution in [0, 0.1) is 0 Å². The summed E-state index contributed by atoms with van der Waals surface area (Å²) in [5.41, 5.74) is 0. The third-order valence-corrected chi connectivity index (χ3v) is 4.44. The lowest BCUT2D eigenvalue weighted by atomic mass is 10.1. The second-order valence-electron chi connectivity index (χ2n) is 6.58. The highest BCUT2D eigenvalue weighted by molar-refractivity contribution is 7.86. The minimum atomic E-state index is -3.71. The highest BCUT2D eigenvalue weighted by Gasteiger charge is 2.34. The molecule has 168 valence electrons. The van der Waals surface area contributed by atoms with E-state index < -0.39 is 28.4 Å². The summed E-state index contributed by atoms with van der Waals surface area (Å²) in [5.74, 6) is 0. The molecule has 8 nitrogen and oxygen atoms in total. The molecule has 3 atom stereocenters. The molecule has 0 aliphatic rings. The summed E-state index contributed by atoms with van der Waals surface area (Å²) in [4.78, 5) is 4.79. The van der Waals surface area contributed by atoms with Crippen LogP contribution in [0.1, 0.15) is 59.3 Å². The Kier molecular flexibility index (Phi) is 16.7.